The van der Waals surface area contributed by atoms with Gasteiger partial charge in [0.15, 0.2) is 5.58 Å². The standard InChI is InChI=1S/C23H26N4O3/c1-16-5-2-7-18(11-16)29-19-14-27(15-19)21(28)12-17-6-4-10-26(13-17)23-25-22-20(30-23)8-3-9-24-22/h2-3,5,7-9,11,17,19H,4,6,10,12-15H2,1H3. The second-order valence-electron chi connectivity index (χ2n) is 8.34. The lowest BCUT2D eigenvalue weighted by Gasteiger charge is -2.40. The Balaban J connectivity index is 1.13. The number of oxazole rings is 1. The summed E-state index contributed by atoms with van der Waals surface area (Å²) < 4.78 is 11.8. The Bertz CT molecular complexity index is 1010. The van der Waals surface area contributed by atoms with Crippen molar-refractivity contribution < 1.29 is 13.9 Å². The Kier molecular flexibility index (Phi) is 5.02. The van der Waals surface area contributed by atoms with Crippen LogP contribution in [0.15, 0.2) is 47.0 Å². The maximum absolute atomic E-state index is 12.7. The zero-order valence-corrected chi connectivity index (χ0v) is 17.2. The molecule has 0 spiro atoms. The summed E-state index contributed by atoms with van der Waals surface area (Å²) in [6.07, 6.45) is 4.45. The Morgan fingerprint density at radius 3 is 2.97 bits per heavy atom. The zero-order chi connectivity index (χ0) is 20.5. The monoisotopic (exact) mass is 406 g/mol. The average molecular weight is 406 g/mol. The van der Waals surface area contributed by atoms with E-state index in [-0.39, 0.29) is 12.0 Å². The molecule has 1 atom stereocenters. The number of aryl methyl sites for hydroxylation is 1. The van der Waals surface area contributed by atoms with Crippen molar-refractivity contribution in [2.75, 3.05) is 31.1 Å². The van der Waals surface area contributed by atoms with E-state index in [4.69, 9.17) is 9.15 Å². The van der Waals surface area contributed by atoms with Gasteiger partial charge in [0.25, 0.3) is 6.01 Å². The number of likely N-dealkylation sites (tertiary alicyclic amines) is 1. The number of carbonyl (C=O) groups excluding carboxylic acids is 1. The molecule has 1 unspecified atom stereocenters. The van der Waals surface area contributed by atoms with Crippen molar-refractivity contribution in [1.82, 2.24) is 14.9 Å². The molecule has 2 saturated heterocycles. The Labute approximate surface area is 175 Å². The van der Waals surface area contributed by atoms with Crippen molar-refractivity contribution >= 4 is 23.2 Å². The van der Waals surface area contributed by atoms with Gasteiger partial charge in [0.1, 0.15) is 11.9 Å². The van der Waals surface area contributed by atoms with Crippen LogP contribution in [0.25, 0.3) is 11.2 Å². The third-order valence-electron chi connectivity index (χ3n) is 5.90. The number of carbonyl (C=O) groups is 1. The van der Waals surface area contributed by atoms with E-state index >= 15 is 0 Å². The number of piperidine rings is 1. The van der Waals surface area contributed by atoms with Gasteiger partial charge in [0, 0.05) is 25.7 Å². The van der Waals surface area contributed by atoms with Crippen molar-refractivity contribution in [1.29, 1.82) is 0 Å². The van der Waals surface area contributed by atoms with Crippen molar-refractivity contribution in [3.8, 4) is 5.75 Å². The molecule has 1 amide bonds. The number of anilines is 1. The van der Waals surface area contributed by atoms with Crippen LogP contribution in [0.3, 0.4) is 0 Å². The fourth-order valence-electron chi connectivity index (χ4n) is 4.27. The Morgan fingerprint density at radius 2 is 2.13 bits per heavy atom. The molecule has 156 valence electrons. The molecule has 30 heavy (non-hydrogen) atoms. The van der Waals surface area contributed by atoms with E-state index in [0.717, 1.165) is 31.7 Å². The van der Waals surface area contributed by atoms with Gasteiger partial charge in [-0.25, -0.2) is 4.98 Å². The molecule has 0 saturated carbocycles. The van der Waals surface area contributed by atoms with E-state index in [0.29, 0.717) is 42.7 Å². The molecule has 3 aromatic rings. The molecule has 7 heteroatoms. The Hall–Kier alpha value is -3.09. The predicted octanol–water partition coefficient (Wildman–Crippen LogP) is 3.43. The first-order valence-electron chi connectivity index (χ1n) is 10.6. The number of amides is 1. The average Bonchev–Trinajstić information content (AvgIpc) is 3.15. The molecule has 0 aliphatic carbocycles. The molecule has 2 aliphatic rings. The number of ether oxygens (including phenoxy) is 1. The minimum absolute atomic E-state index is 0.0888. The third kappa shape index (κ3) is 3.97. The smallest absolute Gasteiger partial charge is 0.299 e. The number of benzene rings is 1. The molecule has 0 N–H and O–H groups in total. The molecule has 0 radical (unpaired) electrons. The van der Waals surface area contributed by atoms with E-state index in [1.54, 1.807) is 6.20 Å². The lowest BCUT2D eigenvalue weighted by atomic mass is 9.93. The van der Waals surface area contributed by atoms with Gasteiger partial charge < -0.3 is 19.0 Å². The molecule has 4 heterocycles. The van der Waals surface area contributed by atoms with Crippen molar-refractivity contribution in [3.05, 3.63) is 48.2 Å². The highest BCUT2D eigenvalue weighted by Crippen LogP contribution is 2.28. The van der Waals surface area contributed by atoms with Crippen LogP contribution in [0.1, 0.15) is 24.8 Å². The fourth-order valence-corrected chi connectivity index (χ4v) is 4.27. The van der Waals surface area contributed by atoms with Gasteiger partial charge in [0.2, 0.25) is 11.6 Å². The number of hydrogen-bond acceptors (Lipinski definition) is 6. The van der Waals surface area contributed by atoms with Gasteiger partial charge in [-0.1, -0.05) is 12.1 Å². The van der Waals surface area contributed by atoms with E-state index in [9.17, 15) is 4.79 Å². The summed E-state index contributed by atoms with van der Waals surface area (Å²) in [5, 5.41) is 0. The van der Waals surface area contributed by atoms with Crippen LogP contribution in [-0.2, 0) is 4.79 Å². The second kappa shape index (κ2) is 7.97. The molecule has 7 nitrogen and oxygen atoms in total. The largest absolute Gasteiger partial charge is 0.487 e. The number of pyridine rings is 1. The second-order valence-corrected chi connectivity index (χ2v) is 8.34. The highest BCUT2D eigenvalue weighted by atomic mass is 16.5. The van der Waals surface area contributed by atoms with Crippen LogP contribution in [0, 0.1) is 12.8 Å². The van der Waals surface area contributed by atoms with Gasteiger partial charge >= 0.3 is 0 Å². The number of fused-ring (bicyclic) bond motifs is 1. The van der Waals surface area contributed by atoms with Gasteiger partial charge in [0.05, 0.1) is 13.1 Å². The fraction of sp³-hybridized carbons (Fsp3) is 0.435. The normalized spacial score (nSPS) is 19.7. The molecule has 2 aliphatic heterocycles. The van der Waals surface area contributed by atoms with Gasteiger partial charge in [-0.15, -0.1) is 0 Å². The summed E-state index contributed by atoms with van der Waals surface area (Å²) in [5.74, 6) is 1.40. The van der Waals surface area contributed by atoms with Crippen LogP contribution in [0.2, 0.25) is 0 Å². The number of nitrogens with zero attached hydrogens (tertiary/aromatic N) is 4. The molecule has 1 aromatic carbocycles. The van der Waals surface area contributed by atoms with Crippen LogP contribution < -0.4 is 9.64 Å². The molecule has 0 bridgehead atoms. The summed E-state index contributed by atoms with van der Waals surface area (Å²) in [6.45, 7) is 5.07. The van der Waals surface area contributed by atoms with Crippen LogP contribution in [-0.4, -0.2) is 53.1 Å². The van der Waals surface area contributed by atoms with Crippen molar-refractivity contribution in [3.63, 3.8) is 0 Å². The summed E-state index contributed by atoms with van der Waals surface area (Å²) in [6, 6.07) is 12.4. The van der Waals surface area contributed by atoms with E-state index in [1.807, 2.05) is 48.2 Å². The van der Waals surface area contributed by atoms with E-state index < -0.39 is 0 Å². The molecule has 2 fully saturated rings. The number of hydrogen-bond donors (Lipinski definition) is 0. The highest BCUT2D eigenvalue weighted by Gasteiger charge is 2.34. The zero-order valence-electron chi connectivity index (χ0n) is 17.2. The van der Waals surface area contributed by atoms with Crippen molar-refractivity contribution in [2.24, 2.45) is 5.92 Å². The number of rotatable bonds is 5. The number of aromatic nitrogens is 2. The van der Waals surface area contributed by atoms with Crippen LogP contribution >= 0.6 is 0 Å². The lowest BCUT2D eigenvalue weighted by Crippen LogP contribution is -2.56. The maximum Gasteiger partial charge on any atom is 0.299 e. The molecular formula is C23H26N4O3. The lowest BCUT2D eigenvalue weighted by molar-refractivity contribution is -0.141. The summed E-state index contributed by atoms with van der Waals surface area (Å²) in [4.78, 5) is 25.5. The highest BCUT2D eigenvalue weighted by molar-refractivity contribution is 5.77. The summed E-state index contributed by atoms with van der Waals surface area (Å²) in [7, 11) is 0. The van der Waals surface area contributed by atoms with Gasteiger partial charge in [-0.05, 0) is 55.5 Å². The van der Waals surface area contributed by atoms with Gasteiger partial charge in [-0.3, -0.25) is 4.79 Å². The summed E-state index contributed by atoms with van der Waals surface area (Å²) in [5.41, 5.74) is 2.51. The molecular weight excluding hydrogens is 380 g/mol. The first-order valence-corrected chi connectivity index (χ1v) is 10.6. The van der Waals surface area contributed by atoms with E-state index in [1.165, 1.54) is 5.56 Å². The minimum Gasteiger partial charge on any atom is -0.487 e. The van der Waals surface area contributed by atoms with Crippen LogP contribution in [0.5, 0.6) is 5.75 Å². The predicted molar refractivity (Wildman–Crippen MR) is 114 cm³/mol. The topological polar surface area (TPSA) is 71.7 Å². The summed E-state index contributed by atoms with van der Waals surface area (Å²) >= 11 is 0. The molecule has 5 rings (SSSR count). The van der Waals surface area contributed by atoms with Gasteiger partial charge in [-0.2, -0.15) is 4.98 Å². The third-order valence-corrected chi connectivity index (χ3v) is 5.90. The maximum atomic E-state index is 12.7. The first-order chi connectivity index (χ1) is 14.6. The van der Waals surface area contributed by atoms with Crippen LogP contribution in [0.4, 0.5) is 6.01 Å². The quantitative estimate of drug-likeness (QED) is 0.647. The molecule has 2 aromatic heterocycles. The Morgan fingerprint density at radius 1 is 1.23 bits per heavy atom. The van der Waals surface area contributed by atoms with Crippen molar-refractivity contribution in [2.45, 2.75) is 32.3 Å². The van der Waals surface area contributed by atoms with E-state index in [2.05, 4.69) is 14.9 Å². The first kappa shape index (κ1) is 18.9. The SMILES string of the molecule is Cc1cccc(OC2CN(C(=O)CC3CCCN(c4nc5ncccc5o4)C3)C2)c1. The minimum atomic E-state index is 0.0888.